The molecule has 0 amide bonds. The van der Waals surface area contributed by atoms with Gasteiger partial charge < -0.3 is 33.8 Å². The second kappa shape index (κ2) is 21.7. The minimum absolute atomic E-state index is 0. The van der Waals surface area contributed by atoms with E-state index >= 15 is 0 Å². The number of nitrogens with zero attached hydrogens (tertiary/aromatic N) is 3. The molecule has 0 aromatic heterocycles. The first-order chi connectivity index (χ1) is 16.9. The first-order valence-corrected chi connectivity index (χ1v) is 14.1. The Hall–Kier alpha value is -1.40. The topological polar surface area (TPSA) is 79.0 Å². The van der Waals surface area contributed by atoms with Gasteiger partial charge in [0.2, 0.25) is 0 Å². The van der Waals surface area contributed by atoms with Crippen LogP contribution in [-0.2, 0) is 0 Å². The monoisotopic (exact) mass is 614 g/mol. The summed E-state index contributed by atoms with van der Waals surface area (Å²) < 4.78 is 0.898. The summed E-state index contributed by atoms with van der Waals surface area (Å²) in [7, 11) is 4.44. The molecule has 0 fully saturated rings. The number of hydrogen-bond acceptors (Lipinski definition) is 4. The van der Waals surface area contributed by atoms with Crippen LogP contribution in [0, 0.1) is 21.4 Å². The molecule has 1 aromatic rings. The van der Waals surface area contributed by atoms with Crippen LogP contribution >= 0.6 is 0 Å². The Kier molecular flexibility index (Phi) is 20.8. The first-order valence-electron chi connectivity index (χ1n) is 14.1. The molecular formula is C29H51IN4O2. The molecule has 0 aliphatic rings. The van der Waals surface area contributed by atoms with Gasteiger partial charge in [-0.3, -0.25) is 10.1 Å². The van der Waals surface area contributed by atoms with E-state index in [4.69, 9.17) is 5.26 Å². The number of anilines is 1. The van der Waals surface area contributed by atoms with Crippen molar-refractivity contribution in [1.29, 1.82) is 5.26 Å². The second-order valence-corrected chi connectivity index (χ2v) is 10.7. The summed E-state index contributed by atoms with van der Waals surface area (Å²) in [5.41, 5.74) is 0.755. The van der Waals surface area contributed by atoms with Gasteiger partial charge in [0, 0.05) is 6.07 Å². The van der Waals surface area contributed by atoms with Crippen LogP contribution in [0.4, 0.5) is 11.4 Å². The number of hydrogen-bond donors (Lipinski definition) is 1. The maximum absolute atomic E-state index is 11.3. The van der Waals surface area contributed by atoms with Crippen molar-refractivity contribution < 1.29 is 33.4 Å². The molecule has 0 unspecified atom stereocenters. The number of likely N-dealkylation sites (N-methyl/N-ethyl adjacent to an activating group) is 1. The highest BCUT2D eigenvalue weighted by atomic mass is 127. The number of rotatable bonds is 22. The number of nitro benzene ring substituents is 1. The maximum Gasteiger partial charge on any atom is 0.293 e. The average molecular weight is 615 g/mol. The zero-order valence-electron chi connectivity index (χ0n) is 23.2. The van der Waals surface area contributed by atoms with Gasteiger partial charge in [0.15, 0.2) is 0 Å². The summed E-state index contributed by atoms with van der Waals surface area (Å²) in [6.07, 6.45) is 22.1. The number of nitrogens with one attached hydrogen (secondary N) is 1. The molecule has 0 saturated heterocycles. The largest absolute Gasteiger partial charge is 1.00 e. The molecule has 1 aromatic carbocycles. The summed E-state index contributed by atoms with van der Waals surface area (Å²) in [5.74, 6) is 0. The standard InChI is InChI=1S/C29H51N4O2.HI/c1-4-5-6-7-8-9-10-11-12-13-14-15-16-17-18-19-23-33(2,3)24-22-31-28-21-20-27(26-30)25-29(28)32(34)35;/h20-21,25,31H,4-19,22-24H2,1-3H3;1H/q+1;/p-1. The van der Waals surface area contributed by atoms with Crippen LogP contribution in [0.15, 0.2) is 18.2 Å². The van der Waals surface area contributed by atoms with Gasteiger partial charge in [0.25, 0.3) is 5.69 Å². The molecular weight excluding hydrogens is 563 g/mol. The molecule has 6 nitrogen and oxygen atoms in total. The van der Waals surface area contributed by atoms with Crippen molar-refractivity contribution in [2.75, 3.05) is 39.0 Å². The van der Waals surface area contributed by atoms with Crippen molar-refractivity contribution in [3.8, 4) is 6.07 Å². The zero-order chi connectivity index (χ0) is 25.8. The van der Waals surface area contributed by atoms with Gasteiger partial charge >= 0.3 is 0 Å². The van der Waals surface area contributed by atoms with E-state index in [9.17, 15) is 10.1 Å². The van der Waals surface area contributed by atoms with Crippen molar-refractivity contribution in [1.82, 2.24) is 0 Å². The highest BCUT2D eigenvalue weighted by molar-refractivity contribution is 5.64. The second-order valence-electron chi connectivity index (χ2n) is 10.7. The predicted molar refractivity (Wildman–Crippen MR) is 148 cm³/mol. The maximum atomic E-state index is 11.3. The van der Waals surface area contributed by atoms with Crippen LogP contribution < -0.4 is 29.3 Å². The lowest BCUT2D eigenvalue weighted by Gasteiger charge is -2.30. The van der Waals surface area contributed by atoms with Crippen molar-refractivity contribution in [2.45, 2.75) is 110 Å². The third kappa shape index (κ3) is 17.1. The van der Waals surface area contributed by atoms with Gasteiger partial charge in [0.05, 0.1) is 50.3 Å². The average Bonchev–Trinajstić information content (AvgIpc) is 2.83. The van der Waals surface area contributed by atoms with E-state index in [-0.39, 0.29) is 29.7 Å². The summed E-state index contributed by atoms with van der Waals surface area (Å²) in [5, 5.41) is 23.4. The lowest BCUT2D eigenvalue weighted by Crippen LogP contribution is -3.00. The van der Waals surface area contributed by atoms with Gasteiger partial charge in [0.1, 0.15) is 5.69 Å². The Morgan fingerprint density at radius 2 is 1.31 bits per heavy atom. The van der Waals surface area contributed by atoms with E-state index in [0.717, 1.165) is 17.6 Å². The molecule has 0 aliphatic heterocycles. The van der Waals surface area contributed by atoms with Crippen LogP contribution in [0.25, 0.3) is 0 Å². The quantitative estimate of drug-likeness (QED) is 0.0639. The molecule has 0 atom stereocenters. The number of halogens is 1. The smallest absolute Gasteiger partial charge is 0.293 e. The molecule has 0 heterocycles. The lowest BCUT2D eigenvalue weighted by molar-refractivity contribution is -0.888. The first kappa shape index (κ1) is 34.6. The highest BCUT2D eigenvalue weighted by Crippen LogP contribution is 2.25. The molecule has 0 radical (unpaired) electrons. The fourth-order valence-electron chi connectivity index (χ4n) is 4.59. The highest BCUT2D eigenvalue weighted by Gasteiger charge is 2.17. The minimum atomic E-state index is -0.431. The van der Waals surface area contributed by atoms with Crippen molar-refractivity contribution in [3.63, 3.8) is 0 Å². The normalized spacial score (nSPS) is 11.1. The van der Waals surface area contributed by atoms with Gasteiger partial charge in [-0.25, -0.2) is 0 Å². The fourth-order valence-corrected chi connectivity index (χ4v) is 4.59. The van der Waals surface area contributed by atoms with Crippen molar-refractivity contribution in [3.05, 3.63) is 33.9 Å². The Balaban J connectivity index is 0.0000122. The molecule has 0 spiro atoms. The van der Waals surface area contributed by atoms with Crippen molar-refractivity contribution in [2.24, 2.45) is 0 Å². The van der Waals surface area contributed by atoms with Crippen LogP contribution in [0.1, 0.15) is 115 Å². The number of nitro groups is 1. The Labute approximate surface area is 238 Å². The lowest BCUT2D eigenvalue weighted by atomic mass is 10.0. The van der Waals surface area contributed by atoms with Gasteiger partial charge in [-0.15, -0.1) is 0 Å². The van der Waals surface area contributed by atoms with E-state index in [1.807, 2.05) is 6.07 Å². The Morgan fingerprint density at radius 3 is 1.75 bits per heavy atom. The molecule has 0 aliphatic carbocycles. The van der Waals surface area contributed by atoms with E-state index in [0.29, 0.717) is 17.8 Å². The molecule has 1 N–H and O–H groups in total. The molecule has 36 heavy (non-hydrogen) atoms. The number of nitriles is 1. The summed E-state index contributed by atoms with van der Waals surface area (Å²) in [6.45, 7) is 4.96. The van der Waals surface area contributed by atoms with Crippen LogP contribution in [0.2, 0.25) is 0 Å². The zero-order valence-corrected chi connectivity index (χ0v) is 25.4. The van der Waals surface area contributed by atoms with E-state index in [1.54, 1.807) is 12.1 Å². The van der Waals surface area contributed by atoms with Gasteiger partial charge in [-0.2, -0.15) is 5.26 Å². The number of quaternary nitrogens is 1. The number of unbranched alkanes of at least 4 members (excludes halogenated alkanes) is 15. The summed E-state index contributed by atoms with van der Waals surface area (Å²) >= 11 is 0. The Bertz CT molecular complexity index is 749. The van der Waals surface area contributed by atoms with Crippen molar-refractivity contribution >= 4 is 11.4 Å². The van der Waals surface area contributed by atoms with E-state index in [1.165, 1.54) is 109 Å². The molecule has 0 saturated carbocycles. The van der Waals surface area contributed by atoms with E-state index < -0.39 is 4.92 Å². The van der Waals surface area contributed by atoms with Gasteiger partial charge in [-0.1, -0.05) is 96.8 Å². The summed E-state index contributed by atoms with van der Waals surface area (Å²) in [6, 6.07) is 6.54. The Morgan fingerprint density at radius 1 is 0.833 bits per heavy atom. The van der Waals surface area contributed by atoms with Crippen LogP contribution in [-0.4, -0.2) is 43.1 Å². The molecule has 7 heteroatoms. The van der Waals surface area contributed by atoms with Crippen LogP contribution in [0.3, 0.4) is 0 Å². The summed E-state index contributed by atoms with van der Waals surface area (Å²) in [4.78, 5) is 10.8. The fraction of sp³-hybridized carbons (Fsp3) is 0.759. The van der Waals surface area contributed by atoms with Gasteiger partial charge in [-0.05, 0) is 25.0 Å². The number of benzene rings is 1. The van der Waals surface area contributed by atoms with Crippen LogP contribution in [0.5, 0.6) is 0 Å². The molecule has 1 rings (SSSR count). The molecule has 0 bridgehead atoms. The van der Waals surface area contributed by atoms with E-state index in [2.05, 4.69) is 26.3 Å². The predicted octanol–water partition coefficient (Wildman–Crippen LogP) is 5.22. The third-order valence-corrected chi connectivity index (χ3v) is 6.97. The SMILES string of the molecule is CCCCCCCCCCCCCCCCCC[N+](C)(C)CCNc1ccc(C#N)cc1[N+](=O)[O-].[I-]. The minimum Gasteiger partial charge on any atom is -1.00 e. The third-order valence-electron chi connectivity index (χ3n) is 6.97. The molecule has 206 valence electrons.